The van der Waals surface area contributed by atoms with Gasteiger partial charge in [-0.3, -0.25) is 19.3 Å². The minimum atomic E-state index is -1.62. The molecule has 1 fully saturated rings. The lowest BCUT2D eigenvalue weighted by Gasteiger charge is -2.50. The number of fused-ring (bicyclic) bond motifs is 1. The quantitative estimate of drug-likeness (QED) is 0.101. The van der Waals surface area contributed by atoms with Crippen LogP contribution in [0.3, 0.4) is 0 Å². The molecule has 2 atom stereocenters. The van der Waals surface area contributed by atoms with Crippen molar-refractivity contribution in [3.05, 3.63) is 46.7 Å². The van der Waals surface area contributed by atoms with Gasteiger partial charge in [-0.2, -0.15) is 9.36 Å². The third-order valence-electron chi connectivity index (χ3n) is 5.47. The number of anilines is 1. The van der Waals surface area contributed by atoms with Gasteiger partial charge in [-0.05, 0) is 0 Å². The summed E-state index contributed by atoms with van der Waals surface area (Å²) in [7, 11) is 1.20. The van der Waals surface area contributed by atoms with Gasteiger partial charge >= 0.3 is 5.97 Å². The number of β-lactam (4-membered cyclic amide) rings is 1. The lowest BCUT2D eigenvalue weighted by atomic mass is 10.0. The molecule has 2 aliphatic heterocycles. The molecule has 0 bridgehead atoms. The Kier molecular flexibility index (Phi) is 7.26. The summed E-state index contributed by atoms with van der Waals surface area (Å²) >= 11 is 2.00. The number of amides is 3. The first-order valence-corrected chi connectivity index (χ1v) is 12.3. The summed E-state index contributed by atoms with van der Waals surface area (Å²) in [6, 6.07) is 0.108. The van der Waals surface area contributed by atoms with Gasteiger partial charge in [-0.1, -0.05) is 5.16 Å². The van der Waals surface area contributed by atoms with Crippen molar-refractivity contribution in [2.24, 2.45) is 10.9 Å². The summed E-state index contributed by atoms with van der Waals surface area (Å²) in [4.78, 5) is 70.4. The SMILES string of the molecule is CO/N=C(\C(=O)N[C@@H]1C(=O)N2C(C(=O)[O-])=C(C[n+]3ccc(C(N)=O)c(C(=O)O)c3)CS[C@H]12)c1nsc(N)n1. The molecule has 16 nitrogen and oxygen atoms in total. The maximum atomic E-state index is 12.9. The molecular weight excluding hydrogens is 544 g/mol. The molecule has 0 radical (unpaired) electrons. The highest BCUT2D eigenvalue weighted by Crippen LogP contribution is 2.40. The zero-order valence-corrected chi connectivity index (χ0v) is 20.9. The first-order chi connectivity index (χ1) is 18.0. The minimum absolute atomic E-state index is 0.0826. The molecule has 0 saturated carbocycles. The number of oxime groups is 1. The van der Waals surface area contributed by atoms with Crippen molar-refractivity contribution >= 4 is 63.8 Å². The van der Waals surface area contributed by atoms with E-state index in [1.165, 1.54) is 35.7 Å². The maximum Gasteiger partial charge on any atom is 0.342 e. The van der Waals surface area contributed by atoms with E-state index in [1.54, 1.807) is 0 Å². The maximum absolute atomic E-state index is 12.9. The van der Waals surface area contributed by atoms with Crippen LogP contribution in [0.4, 0.5) is 5.13 Å². The van der Waals surface area contributed by atoms with Crippen LogP contribution in [-0.2, 0) is 25.8 Å². The number of hydrogen-bond acceptors (Lipinski definition) is 13. The first-order valence-electron chi connectivity index (χ1n) is 10.5. The van der Waals surface area contributed by atoms with Crippen LogP contribution in [0.1, 0.15) is 26.5 Å². The Morgan fingerprint density at radius 3 is 2.68 bits per heavy atom. The fraction of sp³-hybridized carbons (Fsp3) is 0.250. The second-order valence-corrected chi connectivity index (χ2v) is 9.68. The first kappa shape index (κ1) is 26.5. The highest BCUT2D eigenvalue weighted by molar-refractivity contribution is 8.00. The van der Waals surface area contributed by atoms with E-state index in [9.17, 15) is 34.2 Å². The second-order valence-electron chi connectivity index (χ2n) is 7.79. The van der Waals surface area contributed by atoms with E-state index in [4.69, 9.17) is 11.5 Å². The van der Waals surface area contributed by atoms with E-state index >= 15 is 0 Å². The smallest absolute Gasteiger partial charge is 0.342 e. The normalized spacial score (nSPS) is 18.9. The molecule has 18 heteroatoms. The molecule has 2 aromatic rings. The number of carboxylic acid groups (broad SMARTS) is 2. The van der Waals surface area contributed by atoms with Gasteiger partial charge in [0.05, 0.1) is 17.2 Å². The second kappa shape index (κ2) is 10.4. The van der Waals surface area contributed by atoms with Crippen molar-refractivity contribution in [1.82, 2.24) is 19.6 Å². The molecule has 1 saturated heterocycles. The number of thioether (sulfide) groups is 1. The van der Waals surface area contributed by atoms with E-state index in [0.29, 0.717) is 0 Å². The molecule has 0 spiro atoms. The van der Waals surface area contributed by atoms with E-state index in [-0.39, 0.29) is 45.7 Å². The number of aliphatic carboxylic acids is 1. The number of carbonyl (C=O) groups excluding carboxylic acids is 4. The third-order valence-corrected chi connectivity index (χ3v) is 7.35. The number of rotatable bonds is 9. The lowest BCUT2D eigenvalue weighted by Crippen LogP contribution is -2.71. The number of nitrogen functional groups attached to an aromatic ring is 1. The average Bonchev–Trinajstić information content (AvgIpc) is 3.30. The van der Waals surface area contributed by atoms with Gasteiger partial charge in [0.2, 0.25) is 17.4 Å². The largest absolute Gasteiger partial charge is 0.543 e. The molecule has 4 rings (SSSR count). The Morgan fingerprint density at radius 2 is 2.11 bits per heavy atom. The number of aromatic carboxylic acids is 1. The van der Waals surface area contributed by atoms with Gasteiger partial charge in [0.25, 0.3) is 11.8 Å². The summed E-state index contributed by atoms with van der Waals surface area (Å²) in [5.74, 6) is -5.50. The van der Waals surface area contributed by atoms with Gasteiger partial charge in [0.1, 0.15) is 24.1 Å². The van der Waals surface area contributed by atoms with Gasteiger partial charge in [0.15, 0.2) is 24.1 Å². The van der Waals surface area contributed by atoms with E-state index in [2.05, 4.69) is 24.7 Å². The van der Waals surface area contributed by atoms with Crippen molar-refractivity contribution < 1.29 is 43.6 Å². The molecule has 6 N–H and O–H groups in total. The number of nitrogens with zero attached hydrogens (tertiary/aromatic N) is 5. The van der Waals surface area contributed by atoms with E-state index < -0.39 is 46.8 Å². The van der Waals surface area contributed by atoms with Gasteiger partial charge < -0.3 is 36.6 Å². The fourth-order valence-corrected chi connectivity index (χ4v) is 5.62. The number of aromatic nitrogens is 3. The molecule has 4 heterocycles. The predicted molar refractivity (Wildman–Crippen MR) is 127 cm³/mol. The highest BCUT2D eigenvalue weighted by Gasteiger charge is 2.53. The van der Waals surface area contributed by atoms with Crippen LogP contribution >= 0.6 is 23.3 Å². The van der Waals surface area contributed by atoms with Crippen LogP contribution in [0, 0.1) is 0 Å². The standard InChI is InChI=1S/C20H18N8O8S2/c1-36-25-10(14-24-20(22)38-26-14)15(30)23-11-16(31)28-12(19(34)35)7(6-37-17(11)28)4-27-3-2-8(13(21)29)9(5-27)18(32)33/h2-3,5,11,17H,4,6H2,1H3,(H6-,21,22,23,24,26,29,30,32,33,34,35)/b25-10-/t11-,17-/m1/s1. The van der Waals surface area contributed by atoms with Crippen LogP contribution in [0.15, 0.2) is 34.9 Å². The molecule has 0 aromatic carbocycles. The number of nitrogens with two attached hydrogens (primary N) is 2. The monoisotopic (exact) mass is 562 g/mol. The van der Waals surface area contributed by atoms with Crippen molar-refractivity contribution in [2.75, 3.05) is 18.6 Å². The number of primary amides is 1. The van der Waals surface area contributed by atoms with Crippen LogP contribution in [0.2, 0.25) is 0 Å². The van der Waals surface area contributed by atoms with Crippen molar-refractivity contribution in [3.8, 4) is 0 Å². The minimum Gasteiger partial charge on any atom is -0.543 e. The number of pyridine rings is 1. The predicted octanol–water partition coefficient (Wildman–Crippen LogP) is -3.34. The van der Waals surface area contributed by atoms with Gasteiger partial charge in [0, 0.05) is 28.9 Å². The summed E-state index contributed by atoms with van der Waals surface area (Å²) in [5, 5.41) is 26.8. The van der Waals surface area contributed by atoms with Crippen LogP contribution in [-0.4, -0.2) is 79.0 Å². The molecular formula is C20H18N8O8S2. The summed E-state index contributed by atoms with van der Waals surface area (Å²) < 4.78 is 5.25. The molecule has 0 unspecified atom stereocenters. The number of carboxylic acids is 2. The van der Waals surface area contributed by atoms with Crippen molar-refractivity contribution in [2.45, 2.75) is 18.0 Å². The topological polar surface area (TPSA) is 247 Å². The summed E-state index contributed by atoms with van der Waals surface area (Å²) in [5.41, 5.74) is 9.70. The Labute approximate surface area is 221 Å². The summed E-state index contributed by atoms with van der Waals surface area (Å²) in [6.45, 7) is -0.120. The molecule has 2 aromatic heterocycles. The highest BCUT2D eigenvalue weighted by atomic mass is 32.2. The Balaban J connectivity index is 1.56. The lowest BCUT2D eigenvalue weighted by molar-refractivity contribution is -0.689. The molecule has 0 aliphatic carbocycles. The average molecular weight is 563 g/mol. The number of nitrogens with one attached hydrogen (secondary N) is 1. The molecule has 2 aliphatic rings. The van der Waals surface area contributed by atoms with Crippen molar-refractivity contribution in [1.29, 1.82) is 0 Å². The Bertz CT molecular complexity index is 1440. The van der Waals surface area contributed by atoms with E-state index in [0.717, 1.165) is 22.6 Å². The van der Waals surface area contributed by atoms with Gasteiger partial charge in [-0.25, -0.2) is 9.36 Å². The Morgan fingerprint density at radius 1 is 1.37 bits per heavy atom. The Hall–Kier alpha value is -4.58. The number of carbonyl (C=O) groups is 5. The van der Waals surface area contributed by atoms with E-state index in [1.807, 2.05) is 0 Å². The zero-order chi connectivity index (χ0) is 27.7. The zero-order valence-electron chi connectivity index (χ0n) is 19.3. The fourth-order valence-electron chi connectivity index (χ4n) is 3.85. The number of hydrogen-bond donors (Lipinski definition) is 4. The third kappa shape index (κ3) is 4.85. The van der Waals surface area contributed by atoms with Crippen LogP contribution in [0.25, 0.3) is 0 Å². The molecule has 3 amide bonds. The summed E-state index contributed by atoms with van der Waals surface area (Å²) in [6.07, 6.45) is 2.50. The van der Waals surface area contributed by atoms with Crippen LogP contribution < -0.4 is 26.5 Å². The van der Waals surface area contributed by atoms with Crippen LogP contribution in [0.5, 0.6) is 0 Å². The van der Waals surface area contributed by atoms with Crippen molar-refractivity contribution in [3.63, 3.8) is 0 Å². The molecule has 198 valence electrons. The van der Waals surface area contributed by atoms with Gasteiger partial charge in [-0.15, -0.1) is 11.8 Å². The molecule has 38 heavy (non-hydrogen) atoms.